The summed E-state index contributed by atoms with van der Waals surface area (Å²) in [6.45, 7) is 0.730. The molecule has 0 aromatic carbocycles. The summed E-state index contributed by atoms with van der Waals surface area (Å²) >= 11 is 0. The number of pyridine rings is 1. The van der Waals surface area contributed by atoms with E-state index in [0.29, 0.717) is 5.82 Å². The minimum absolute atomic E-state index is 0.514. The van der Waals surface area contributed by atoms with Crippen molar-refractivity contribution >= 4 is 5.82 Å². The van der Waals surface area contributed by atoms with Crippen LogP contribution in [0.1, 0.15) is 5.69 Å². The first kappa shape index (κ1) is 11.4. The normalized spacial score (nSPS) is 10.2. The Kier molecular flexibility index (Phi) is 3.59. The lowest BCUT2D eigenvalue weighted by atomic mass is 10.2. The van der Waals surface area contributed by atoms with Crippen LogP contribution in [0.25, 0.3) is 0 Å². The number of hydrogen-bond acceptors (Lipinski definition) is 4. The van der Waals surface area contributed by atoms with Crippen molar-refractivity contribution < 1.29 is 4.39 Å². The Morgan fingerprint density at radius 1 is 1.24 bits per heavy atom. The topological polar surface area (TPSA) is 41.9 Å². The van der Waals surface area contributed by atoms with Crippen LogP contribution in [0.5, 0.6) is 0 Å². The summed E-state index contributed by atoms with van der Waals surface area (Å²) < 4.78 is 12.9. The molecule has 2 rings (SSSR count). The van der Waals surface area contributed by atoms with Gasteiger partial charge in [-0.05, 0) is 12.1 Å². The molecule has 2 heterocycles. The van der Waals surface area contributed by atoms with Crippen molar-refractivity contribution in [2.75, 3.05) is 18.5 Å². The van der Waals surface area contributed by atoms with Crippen LogP contribution < -0.4 is 4.90 Å². The van der Waals surface area contributed by atoms with E-state index >= 15 is 0 Å². The van der Waals surface area contributed by atoms with Crippen molar-refractivity contribution in [2.24, 2.45) is 0 Å². The van der Waals surface area contributed by atoms with E-state index in [0.717, 1.165) is 18.7 Å². The maximum absolute atomic E-state index is 12.9. The number of aromatic nitrogens is 3. The molecule has 0 N–H and O–H groups in total. The first-order valence-corrected chi connectivity index (χ1v) is 5.34. The van der Waals surface area contributed by atoms with E-state index in [4.69, 9.17) is 0 Å². The summed E-state index contributed by atoms with van der Waals surface area (Å²) in [6, 6.07) is 7.12. The maximum atomic E-state index is 12.9. The Bertz CT molecular complexity index is 475. The zero-order valence-electron chi connectivity index (χ0n) is 9.55. The number of hydrogen-bond donors (Lipinski definition) is 0. The van der Waals surface area contributed by atoms with Crippen LogP contribution in [-0.2, 0) is 6.42 Å². The molecule has 5 heteroatoms. The van der Waals surface area contributed by atoms with E-state index in [9.17, 15) is 4.39 Å². The molecule has 0 atom stereocenters. The van der Waals surface area contributed by atoms with Crippen molar-refractivity contribution in [3.05, 3.63) is 48.4 Å². The standard InChI is InChI=1S/C12H13FN4/c1-17(12-8-11(13)15-9-16-12)7-5-10-4-2-3-6-14-10/h2-4,6,8-9H,5,7H2,1H3. The van der Waals surface area contributed by atoms with Crippen molar-refractivity contribution in [2.45, 2.75) is 6.42 Å². The van der Waals surface area contributed by atoms with Gasteiger partial charge in [0.1, 0.15) is 12.1 Å². The summed E-state index contributed by atoms with van der Waals surface area (Å²) in [5.74, 6) is 0.0631. The summed E-state index contributed by atoms with van der Waals surface area (Å²) in [7, 11) is 1.87. The third-order valence-corrected chi connectivity index (χ3v) is 2.44. The highest BCUT2D eigenvalue weighted by Gasteiger charge is 2.04. The minimum atomic E-state index is -0.514. The number of nitrogens with zero attached hydrogens (tertiary/aromatic N) is 4. The highest BCUT2D eigenvalue weighted by Crippen LogP contribution is 2.08. The lowest BCUT2D eigenvalue weighted by molar-refractivity contribution is 0.578. The van der Waals surface area contributed by atoms with E-state index in [-0.39, 0.29) is 0 Å². The number of likely N-dealkylation sites (N-methyl/N-ethyl adjacent to an activating group) is 1. The molecule has 0 radical (unpaired) electrons. The predicted molar refractivity (Wildman–Crippen MR) is 63.2 cm³/mol. The highest BCUT2D eigenvalue weighted by atomic mass is 19.1. The molecule has 0 aliphatic heterocycles. The fourth-order valence-electron chi connectivity index (χ4n) is 1.48. The summed E-state index contributed by atoms with van der Waals surface area (Å²) in [5, 5.41) is 0. The van der Waals surface area contributed by atoms with Crippen LogP contribution in [0.3, 0.4) is 0 Å². The van der Waals surface area contributed by atoms with E-state index in [1.165, 1.54) is 12.4 Å². The van der Waals surface area contributed by atoms with Crippen LogP contribution in [-0.4, -0.2) is 28.5 Å². The Labute approximate surface area is 99.2 Å². The molecule has 17 heavy (non-hydrogen) atoms. The molecule has 2 aromatic heterocycles. The van der Waals surface area contributed by atoms with Crippen molar-refractivity contribution in [3.63, 3.8) is 0 Å². The molecule has 0 bridgehead atoms. The molecule has 0 saturated heterocycles. The number of rotatable bonds is 4. The van der Waals surface area contributed by atoms with E-state index in [2.05, 4.69) is 15.0 Å². The molecular weight excluding hydrogens is 219 g/mol. The van der Waals surface area contributed by atoms with Crippen LogP contribution in [0.4, 0.5) is 10.2 Å². The number of halogens is 1. The van der Waals surface area contributed by atoms with Gasteiger partial charge in [0.05, 0.1) is 0 Å². The molecule has 0 aliphatic carbocycles. The average Bonchev–Trinajstić information content (AvgIpc) is 2.37. The van der Waals surface area contributed by atoms with Gasteiger partial charge in [-0.2, -0.15) is 4.39 Å². The van der Waals surface area contributed by atoms with Gasteiger partial charge in [0.15, 0.2) is 0 Å². The second-order valence-corrected chi connectivity index (χ2v) is 3.69. The zero-order valence-corrected chi connectivity index (χ0v) is 9.55. The number of anilines is 1. The summed E-state index contributed by atoms with van der Waals surface area (Å²) in [5.41, 5.74) is 1.01. The first-order chi connectivity index (χ1) is 8.25. The Balaban J connectivity index is 1.96. The van der Waals surface area contributed by atoms with Crippen molar-refractivity contribution in [3.8, 4) is 0 Å². The lowest BCUT2D eigenvalue weighted by Gasteiger charge is -2.17. The van der Waals surface area contributed by atoms with E-state index in [1.54, 1.807) is 6.20 Å². The van der Waals surface area contributed by atoms with E-state index in [1.807, 2.05) is 30.1 Å². The summed E-state index contributed by atoms with van der Waals surface area (Å²) in [4.78, 5) is 13.5. The molecule has 0 saturated carbocycles. The second-order valence-electron chi connectivity index (χ2n) is 3.69. The van der Waals surface area contributed by atoms with Gasteiger partial charge in [0, 0.05) is 38.0 Å². The molecule has 0 amide bonds. The SMILES string of the molecule is CN(CCc1ccccn1)c1cc(F)ncn1. The highest BCUT2D eigenvalue weighted by molar-refractivity contribution is 5.35. The molecule has 0 aliphatic rings. The summed E-state index contributed by atoms with van der Waals surface area (Å²) in [6.07, 6.45) is 3.78. The van der Waals surface area contributed by atoms with Crippen LogP contribution >= 0.6 is 0 Å². The second kappa shape index (κ2) is 5.34. The van der Waals surface area contributed by atoms with Gasteiger partial charge in [-0.15, -0.1) is 0 Å². The quantitative estimate of drug-likeness (QED) is 0.752. The van der Waals surface area contributed by atoms with Gasteiger partial charge in [-0.3, -0.25) is 4.98 Å². The maximum Gasteiger partial charge on any atom is 0.218 e. The predicted octanol–water partition coefficient (Wildman–Crippen LogP) is 1.69. The molecule has 0 spiro atoms. The van der Waals surface area contributed by atoms with Gasteiger partial charge >= 0.3 is 0 Å². The first-order valence-electron chi connectivity index (χ1n) is 5.34. The van der Waals surface area contributed by atoms with Crippen molar-refractivity contribution in [1.82, 2.24) is 15.0 Å². The zero-order chi connectivity index (χ0) is 12.1. The van der Waals surface area contributed by atoms with Gasteiger partial charge < -0.3 is 4.90 Å². The van der Waals surface area contributed by atoms with Crippen LogP contribution in [0.2, 0.25) is 0 Å². The smallest absolute Gasteiger partial charge is 0.218 e. The van der Waals surface area contributed by atoms with Crippen LogP contribution in [0, 0.1) is 5.95 Å². The Morgan fingerprint density at radius 3 is 2.82 bits per heavy atom. The molecular formula is C12H13FN4. The molecule has 0 fully saturated rings. The minimum Gasteiger partial charge on any atom is -0.359 e. The van der Waals surface area contributed by atoms with E-state index < -0.39 is 5.95 Å². The fraction of sp³-hybridized carbons (Fsp3) is 0.250. The molecule has 4 nitrogen and oxygen atoms in total. The molecule has 0 unspecified atom stereocenters. The molecule has 88 valence electrons. The van der Waals surface area contributed by atoms with Gasteiger partial charge in [0.25, 0.3) is 0 Å². The Morgan fingerprint density at radius 2 is 2.12 bits per heavy atom. The fourth-order valence-corrected chi connectivity index (χ4v) is 1.48. The average molecular weight is 232 g/mol. The monoisotopic (exact) mass is 232 g/mol. The lowest BCUT2D eigenvalue weighted by Crippen LogP contribution is -2.21. The van der Waals surface area contributed by atoms with Gasteiger partial charge in [0.2, 0.25) is 5.95 Å². The van der Waals surface area contributed by atoms with Crippen LogP contribution in [0.15, 0.2) is 36.8 Å². The van der Waals surface area contributed by atoms with Gasteiger partial charge in [-0.1, -0.05) is 6.07 Å². The van der Waals surface area contributed by atoms with Crippen molar-refractivity contribution in [1.29, 1.82) is 0 Å². The molecule has 2 aromatic rings. The third-order valence-electron chi connectivity index (χ3n) is 2.44. The third kappa shape index (κ3) is 3.21. The largest absolute Gasteiger partial charge is 0.359 e. The Hall–Kier alpha value is -2.04. The van der Waals surface area contributed by atoms with Gasteiger partial charge in [-0.25, -0.2) is 9.97 Å².